The van der Waals surface area contributed by atoms with Gasteiger partial charge in [-0.1, -0.05) is 38.1 Å². The van der Waals surface area contributed by atoms with Crippen LogP contribution in [-0.4, -0.2) is 29.3 Å². The van der Waals surface area contributed by atoms with E-state index in [0.717, 1.165) is 30.6 Å². The number of carboxylic acid groups (broad SMARTS) is 1. The Bertz CT molecular complexity index is 398. The van der Waals surface area contributed by atoms with Crippen molar-refractivity contribution in [3.63, 3.8) is 0 Å². The van der Waals surface area contributed by atoms with E-state index in [9.17, 15) is 4.79 Å². The highest BCUT2D eigenvalue weighted by Gasteiger charge is 2.16. The van der Waals surface area contributed by atoms with Gasteiger partial charge in [0, 0.05) is 19.7 Å². The third-order valence-corrected chi connectivity index (χ3v) is 3.10. The van der Waals surface area contributed by atoms with E-state index in [4.69, 9.17) is 10.2 Å². The summed E-state index contributed by atoms with van der Waals surface area (Å²) in [4.78, 5) is 10.6. The van der Waals surface area contributed by atoms with E-state index in [-0.39, 0.29) is 18.4 Å². The van der Waals surface area contributed by atoms with E-state index in [1.807, 2.05) is 24.3 Å². The number of hydrogen-bond donors (Lipinski definition) is 3. The summed E-state index contributed by atoms with van der Waals surface area (Å²) in [5, 5.41) is 21.0. The SMILES string of the molecule is CC(C)(CCO)CNCc1ccc(CC(=O)O)cc1. The summed E-state index contributed by atoms with van der Waals surface area (Å²) in [6.07, 6.45) is 0.842. The topological polar surface area (TPSA) is 69.6 Å². The monoisotopic (exact) mass is 265 g/mol. The number of benzene rings is 1. The van der Waals surface area contributed by atoms with Crippen LogP contribution in [0.3, 0.4) is 0 Å². The Morgan fingerprint density at radius 1 is 1.21 bits per heavy atom. The van der Waals surface area contributed by atoms with Gasteiger partial charge in [-0.3, -0.25) is 4.79 Å². The van der Waals surface area contributed by atoms with Gasteiger partial charge < -0.3 is 15.5 Å². The number of rotatable bonds is 8. The van der Waals surface area contributed by atoms with Crippen molar-refractivity contribution in [1.29, 1.82) is 0 Å². The molecule has 0 bridgehead atoms. The van der Waals surface area contributed by atoms with E-state index >= 15 is 0 Å². The van der Waals surface area contributed by atoms with Crippen molar-refractivity contribution in [3.8, 4) is 0 Å². The van der Waals surface area contributed by atoms with Gasteiger partial charge >= 0.3 is 5.97 Å². The number of carbonyl (C=O) groups is 1. The van der Waals surface area contributed by atoms with Gasteiger partial charge in [0.05, 0.1) is 6.42 Å². The fourth-order valence-electron chi connectivity index (χ4n) is 1.89. The Balaban J connectivity index is 2.40. The van der Waals surface area contributed by atoms with Crippen LogP contribution in [0, 0.1) is 5.41 Å². The first kappa shape index (κ1) is 15.7. The molecular weight excluding hydrogens is 242 g/mol. The van der Waals surface area contributed by atoms with Crippen molar-refractivity contribution in [2.75, 3.05) is 13.2 Å². The Labute approximate surface area is 114 Å². The Morgan fingerprint density at radius 3 is 2.32 bits per heavy atom. The maximum Gasteiger partial charge on any atom is 0.307 e. The molecule has 0 saturated heterocycles. The largest absolute Gasteiger partial charge is 0.481 e. The summed E-state index contributed by atoms with van der Waals surface area (Å²) >= 11 is 0. The average molecular weight is 265 g/mol. The molecular formula is C15H23NO3. The van der Waals surface area contributed by atoms with Crippen molar-refractivity contribution < 1.29 is 15.0 Å². The molecule has 3 N–H and O–H groups in total. The van der Waals surface area contributed by atoms with Gasteiger partial charge in [0.15, 0.2) is 0 Å². The first-order chi connectivity index (χ1) is 8.93. The van der Waals surface area contributed by atoms with E-state index in [2.05, 4.69) is 19.2 Å². The molecule has 0 fully saturated rings. The highest BCUT2D eigenvalue weighted by molar-refractivity contribution is 5.70. The molecule has 0 aromatic heterocycles. The lowest BCUT2D eigenvalue weighted by atomic mass is 9.90. The second-order valence-corrected chi connectivity index (χ2v) is 5.63. The average Bonchev–Trinajstić information content (AvgIpc) is 2.30. The Kier molecular flexibility index (Phi) is 5.99. The second-order valence-electron chi connectivity index (χ2n) is 5.63. The first-order valence-corrected chi connectivity index (χ1v) is 6.54. The summed E-state index contributed by atoms with van der Waals surface area (Å²) < 4.78 is 0. The van der Waals surface area contributed by atoms with Crippen LogP contribution in [0.15, 0.2) is 24.3 Å². The molecule has 4 heteroatoms. The summed E-state index contributed by atoms with van der Waals surface area (Å²) in [6.45, 7) is 6.03. The normalized spacial score (nSPS) is 11.5. The lowest BCUT2D eigenvalue weighted by Crippen LogP contribution is -2.29. The molecule has 106 valence electrons. The van der Waals surface area contributed by atoms with Crippen LogP contribution in [0.2, 0.25) is 0 Å². The molecule has 19 heavy (non-hydrogen) atoms. The standard InChI is InChI=1S/C15H23NO3/c1-15(2,7-8-17)11-16-10-13-5-3-12(4-6-13)9-14(18)19/h3-6,16-17H,7-11H2,1-2H3,(H,18,19). The minimum Gasteiger partial charge on any atom is -0.481 e. The number of hydrogen-bond acceptors (Lipinski definition) is 3. The van der Waals surface area contributed by atoms with Gasteiger partial charge in [-0.15, -0.1) is 0 Å². The van der Waals surface area contributed by atoms with Crippen LogP contribution in [0.25, 0.3) is 0 Å². The molecule has 0 aliphatic carbocycles. The molecule has 0 saturated carbocycles. The van der Waals surface area contributed by atoms with Gasteiger partial charge in [-0.25, -0.2) is 0 Å². The molecule has 0 aliphatic rings. The van der Waals surface area contributed by atoms with Crippen LogP contribution in [0.1, 0.15) is 31.4 Å². The van der Waals surface area contributed by atoms with Crippen molar-refractivity contribution >= 4 is 5.97 Å². The number of nitrogens with one attached hydrogen (secondary N) is 1. The molecule has 0 unspecified atom stereocenters. The molecule has 1 aromatic rings. The highest BCUT2D eigenvalue weighted by atomic mass is 16.4. The van der Waals surface area contributed by atoms with Gasteiger partial charge in [0.1, 0.15) is 0 Å². The van der Waals surface area contributed by atoms with Gasteiger partial charge in [0.2, 0.25) is 0 Å². The molecule has 0 aliphatic heterocycles. The quantitative estimate of drug-likeness (QED) is 0.670. The van der Waals surface area contributed by atoms with Gasteiger partial charge in [-0.2, -0.15) is 0 Å². The third kappa shape index (κ3) is 6.36. The summed E-state index contributed by atoms with van der Waals surface area (Å²) in [6, 6.07) is 7.60. The number of carboxylic acids is 1. The number of aliphatic hydroxyl groups is 1. The van der Waals surface area contributed by atoms with Crippen molar-refractivity contribution in [3.05, 3.63) is 35.4 Å². The van der Waals surface area contributed by atoms with Crippen molar-refractivity contribution in [2.24, 2.45) is 5.41 Å². The minimum atomic E-state index is -0.809. The first-order valence-electron chi connectivity index (χ1n) is 6.54. The molecule has 0 atom stereocenters. The van der Waals surface area contributed by atoms with Crippen LogP contribution < -0.4 is 5.32 Å². The zero-order valence-corrected chi connectivity index (χ0v) is 11.6. The van der Waals surface area contributed by atoms with Crippen LogP contribution >= 0.6 is 0 Å². The van der Waals surface area contributed by atoms with Gasteiger partial charge in [0.25, 0.3) is 0 Å². The fraction of sp³-hybridized carbons (Fsp3) is 0.533. The van der Waals surface area contributed by atoms with Crippen molar-refractivity contribution in [1.82, 2.24) is 5.32 Å². The molecule has 0 amide bonds. The Morgan fingerprint density at radius 2 is 1.79 bits per heavy atom. The molecule has 1 rings (SSSR count). The van der Waals surface area contributed by atoms with Crippen LogP contribution in [0.4, 0.5) is 0 Å². The number of aliphatic hydroxyl groups excluding tert-OH is 1. The van der Waals surface area contributed by atoms with E-state index < -0.39 is 5.97 Å². The molecule has 0 spiro atoms. The summed E-state index contributed by atoms with van der Waals surface area (Å²) in [7, 11) is 0. The fourth-order valence-corrected chi connectivity index (χ4v) is 1.89. The molecule has 0 heterocycles. The predicted octanol–water partition coefficient (Wildman–Crippen LogP) is 1.81. The highest BCUT2D eigenvalue weighted by Crippen LogP contribution is 2.18. The van der Waals surface area contributed by atoms with E-state index in [1.54, 1.807) is 0 Å². The third-order valence-electron chi connectivity index (χ3n) is 3.10. The Hall–Kier alpha value is -1.39. The molecule has 4 nitrogen and oxygen atoms in total. The molecule has 1 aromatic carbocycles. The number of aliphatic carboxylic acids is 1. The second kappa shape index (κ2) is 7.26. The van der Waals surface area contributed by atoms with Crippen LogP contribution in [-0.2, 0) is 17.8 Å². The molecule has 0 radical (unpaired) electrons. The van der Waals surface area contributed by atoms with E-state index in [0.29, 0.717) is 0 Å². The van der Waals surface area contributed by atoms with Gasteiger partial charge in [-0.05, 0) is 23.0 Å². The smallest absolute Gasteiger partial charge is 0.307 e. The van der Waals surface area contributed by atoms with Crippen LogP contribution in [0.5, 0.6) is 0 Å². The maximum atomic E-state index is 10.6. The zero-order valence-electron chi connectivity index (χ0n) is 11.6. The predicted molar refractivity (Wildman–Crippen MR) is 75.0 cm³/mol. The maximum absolute atomic E-state index is 10.6. The lowest BCUT2D eigenvalue weighted by molar-refractivity contribution is -0.136. The summed E-state index contributed by atoms with van der Waals surface area (Å²) in [5.41, 5.74) is 2.03. The summed E-state index contributed by atoms with van der Waals surface area (Å²) in [5.74, 6) is -0.809. The zero-order chi connectivity index (χ0) is 14.3. The lowest BCUT2D eigenvalue weighted by Gasteiger charge is -2.24. The minimum absolute atomic E-state index is 0.0667. The van der Waals surface area contributed by atoms with E-state index in [1.165, 1.54) is 0 Å². The van der Waals surface area contributed by atoms with Crippen molar-refractivity contribution in [2.45, 2.75) is 33.2 Å².